The Bertz CT molecular complexity index is 861. The molecule has 2 atom stereocenters. The molecule has 28 heavy (non-hydrogen) atoms. The molecule has 8 heteroatoms. The van der Waals surface area contributed by atoms with E-state index in [-0.39, 0.29) is 36.7 Å². The number of hydrogen-bond acceptors (Lipinski definition) is 4. The molecule has 2 amide bonds. The van der Waals surface area contributed by atoms with Crippen LogP contribution in [0, 0.1) is 17.7 Å². The van der Waals surface area contributed by atoms with Crippen LogP contribution in [0.1, 0.15) is 18.9 Å². The second-order valence-corrected chi connectivity index (χ2v) is 6.97. The van der Waals surface area contributed by atoms with Crippen molar-refractivity contribution in [2.45, 2.75) is 19.9 Å². The molecule has 0 aliphatic carbocycles. The first-order valence-electron chi connectivity index (χ1n) is 9.05. The van der Waals surface area contributed by atoms with Gasteiger partial charge in [-0.15, -0.1) is 0 Å². The Hall–Kier alpha value is -3.16. The molecule has 0 spiro atoms. The van der Waals surface area contributed by atoms with Gasteiger partial charge < -0.3 is 20.1 Å². The van der Waals surface area contributed by atoms with Crippen molar-refractivity contribution >= 4 is 12.0 Å². The summed E-state index contributed by atoms with van der Waals surface area (Å²) in [4.78, 5) is 29.3. The fourth-order valence-corrected chi connectivity index (χ4v) is 3.24. The number of pyridine rings is 1. The number of rotatable bonds is 5. The average Bonchev–Trinajstić information content (AvgIpc) is 2.67. The summed E-state index contributed by atoms with van der Waals surface area (Å²) in [5.41, 5.74) is 0.731. The largest absolute Gasteiger partial charge is 0.481 e. The van der Waals surface area contributed by atoms with Crippen LogP contribution < -0.4 is 10.1 Å². The van der Waals surface area contributed by atoms with Crippen LogP contribution in [0.15, 0.2) is 42.6 Å². The van der Waals surface area contributed by atoms with Gasteiger partial charge in [-0.3, -0.25) is 4.79 Å². The summed E-state index contributed by atoms with van der Waals surface area (Å²) in [5.74, 6) is -1.50. The summed E-state index contributed by atoms with van der Waals surface area (Å²) < 4.78 is 19.2. The van der Waals surface area contributed by atoms with Crippen LogP contribution >= 0.6 is 0 Å². The van der Waals surface area contributed by atoms with E-state index in [1.54, 1.807) is 24.3 Å². The zero-order valence-electron chi connectivity index (χ0n) is 15.5. The number of likely N-dealkylation sites (tertiary alicyclic amines) is 1. The lowest BCUT2D eigenvalue weighted by atomic mass is 9.91. The Balaban J connectivity index is 1.59. The summed E-state index contributed by atoms with van der Waals surface area (Å²) in [6.45, 7) is 2.87. The average molecular weight is 387 g/mol. The van der Waals surface area contributed by atoms with Crippen molar-refractivity contribution in [1.82, 2.24) is 15.2 Å². The minimum absolute atomic E-state index is 0.0678. The monoisotopic (exact) mass is 387 g/mol. The molecule has 1 aromatic carbocycles. The summed E-state index contributed by atoms with van der Waals surface area (Å²) in [6.07, 6.45) is 2.08. The second kappa shape index (κ2) is 8.69. The molecule has 1 aromatic heterocycles. The van der Waals surface area contributed by atoms with Crippen molar-refractivity contribution in [3.8, 4) is 11.6 Å². The molecule has 148 valence electrons. The predicted octanol–water partition coefficient (Wildman–Crippen LogP) is 3.27. The van der Waals surface area contributed by atoms with Gasteiger partial charge >= 0.3 is 12.0 Å². The Kier molecular flexibility index (Phi) is 6.08. The minimum Gasteiger partial charge on any atom is -0.481 e. The van der Waals surface area contributed by atoms with Crippen molar-refractivity contribution < 1.29 is 23.8 Å². The van der Waals surface area contributed by atoms with Crippen molar-refractivity contribution in [3.05, 3.63) is 54.0 Å². The molecule has 7 nitrogen and oxygen atoms in total. The van der Waals surface area contributed by atoms with E-state index in [1.807, 2.05) is 6.92 Å². The maximum absolute atomic E-state index is 13.7. The van der Waals surface area contributed by atoms with Crippen LogP contribution in [0.5, 0.6) is 11.6 Å². The smallest absolute Gasteiger partial charge is 0.317 e. The molecule has 0 radical (unpaired) electrons. The molecule has 2 N–H and O–H groups in total. The van der Waals surface area contributed by atoms with Gasteiger partial charge in [-0.2, -0.15) is 0 Å². The van der Waals surface area contributed by atoms with Crippen LogP contribution in [0.2, 0.25) is 0 Å². The lowest BCUT2D eigenvalue weighted by Gasteiger charge is -2.34. The molecule has 1 saturated heterocycles. The number of nitrogens with one attached hydrogen (secondary N) is 1. The molecular weight excluding hydrogens is 365 g/mol. The van der Waals surface area contributed by atoms with Crippen molar-refractivity contribution in [2.75, 3.05) is 13.1 Å². The number of ether oxygens (including phenoxy) is 1. The third-order valence-corrected chi connectivity index (χ3v) is 4.59. The van der Waals surface area contributed by atoms with Crippen molar-refractivity contribution in [1.29, 1.82) is 0 Å². The van der Waals surface area contributed by atoms with Gasteiger partial charge in [0.25, 0.3) is 0 Å². The highest BCUT2D eigenvalue weighted by atomic mass is 19.1. The van der Waals surface area contributed by atoms with Crippen molar-refractivity contribution in [3.63, 3.8) is 0 Å². The van der Waals surface area contributed by atoms with Crippen LogP contribution in [0.4, 0.5) is 9.18 Å². The van der Waals surface area contributed by atoms with Gasteiger partial charge in [0.1, 0.15) is 0 Å². The summed E-state index contributed by atoms with van der Waals surface area (Å²) in [5, 5.41) is 12.0. The minimum atomic E-state index is -0.881. The summed E-state index contributed by atoms with van der Waals surface area (Å²) >= 11 is 0. The van der Waals surface area contributed by atoms with E-state index in [4.69, 9.17) is 4.74 Å². The van der Waals surface area contributed by atoms with Gasteiger partial charge in [-0.1, -0.05) is 19.1 Å². The molecule has 2 aromatic rings. The zero-order valence-corrected chi connectivity index (χ0v) is 15.5. The Morgan fingerprint density at radius 2 is 2.11 bits per heavy atom. The van der Waals surface area contributed by atoms with Gasteiger partial charge in [-0.25, -0.2) is 14.2 Å². The third kappa shape index (κ3) is 4.97. The van der Waals surface area contributed by atoms with Gasteiger partial charge in [0.15, 0.2) is 11.6 Å². The topological polar surface area (TPSA) is 91.8 Å². The van der Waals surface area contributed by atoms with Gasteiger partial charge in [0, 0.05) is 31.9 Å². The predicted molar refractivity (Wildman–Crippen MR) is 99.4 cm³/mol. The number of piperidine rings is 1. The Morgan fingerprint density at radius 3 is 2.86 bits per heavy atom. The molecular formula is C20H22FN3O4. The molecule has 2 heterocycles. The lowest BCUT2D eigenvalue weighted by Crippen LogP contribution is -2.49. The Labute approximate surface area is 162 Å². The highest BCUT2D eigenvalue weighted by Crippen LogP contribution is 2.23. The van der Waals surface area contributed by atoms with E-state index in [1.165, 1.54) is 23.2 Å². The van der Waals surface area contributed by atoms with E-state index in [9.17, 15) is 19.1 Å². The maximum atomic E-state index is 13.7. The van der Waals surface area contributed by atoms with Crippen LogP contribution in [-0.2, 0) is 11.3 Å². The number of carboxylic acids is 1. The lowest BCUT2D eigenvalue weighted by molar-refractivity contribution is -0.143. The van der Waals surface area contributed by atoms with Gasteiger partial charge in [-0.05, 0) is 36.1 Å². The standard InChI is InChI=1S/C20H22FN3O4/c1-13-8-15(19(25)26)12-24(11-13)20(27)23-10-14-6-7-22-18(9-14)28-17-5-3-2-4-16(17)21/h2-7,9,13,15H,8,10-12H2,1H3,(H,23,27)(H,25,26). The highest BCUT2D eigenvalue weighted by Gasteiger charge is 2.31. The number of carboxylic acid groups (broad SMARTS) is 1. The second-order valence-electron chi connectivity index (χ2n) is 6.97. The first-order chi connectivity index (χ1) is 13.4. The number of aliphatic carboxylic acids is 1. The number of carbonyl (C=O) groups is 2. The number of halogens is 1. The number of para-hydroxylation sites is 1. The van der Waals surface area contributed by atoms with Crippen LogP contribution in [0.3, 0.4) is 0 Å². The molecule has 3 rings (SSSR count). The summed E-state index contributed by atoms with van der Waals surface area (Å²) in [6, 6.07) is 9.04. The van der Waals surface area contributed by atoms with Crippen molar-refractivity contribution in [2.24, 2.45) is 11.8 Å². The first kappa shape index (κ1) is 19.6. The van der Waals surface area contributed by atoms with Crippen LogP contribution in [-0.4, -0.2) is 40.1 Å². The van der Waals surface area contributed by atoms with E-state index >= 15 is 0 Å². The molecule has 0 saturated carbocycles. The Morgan fingerprint density at radius 1 is 1.32 bits per heavy atom. The molecule has 2 unspecified atom stereocenters. The van der Waals surface area contributed by atoms with Crippen LogP contribution in [0.25, 0.3) is 0 Å². The van der Waals surface area contributed by atoms with E-state index in [0.29, 0.717) is 13.0 Å². The van der Waals surface area contributed by atoms with E-state index in [2.05, 4.69) is 10.3 Å². The molecule has 1 fully saturated rings. The quantitative estimate of drug-likeness (QED) is 0.822. The fraction of sp³-hybridized carbons (Fsp3) is 0.350. The van der Waals surface area contributed by atoms with E-state index < -0.39 is 17.7 Å². The van der Waals surface area contributed by atoms with E-state index in [0.717, 1.165) is 5.56 Å². The number of urea groups is 1. The number of hydrogen-bond donors (Lipinski definition) is 2. The zero-order chi connectivity index (χ0) is 20.1. The fourth-order valence-electron chi connectivity index (χ4n) is 3.24. The molecule has 1 aliphatic rings. The number of benzene rings is 1. The number of aromatic nitrogens is 1. The number of nitrogens with zero attached hydrogens (tertiary/aromatic N) is 2. The highest BCUT2D eigenvalue weighted by molar-refractivity contribution is 5.76. The maximum Gasteiger partial charge on any atom is 0.317 e. The SMILES string of the molecule is CC1CC(C(=O)O)CN(C(=O)NCc2ccnc(Oc3ccccc3F)c2)C1. The molecule has 0 bridgehead atoms. The first-order valence-corrected chi connectivity index (χ1v) is 9.05. The number of carbonyl (C=O) groups excluding carboxylic acids is 1. The molecule has 1 aliphatic heterocycles. The van der Waals surface area contributed by atoms with Gasteiger partial charge in [0.05, 0.1) is 5.92 Å². The number of amides is 2. The third-order valence-electron chi connectivity index (χ3n) is 4.59. The normalized spacial score (nSPS) is 19.1. The van der Waals surface area contributed by atoms with Gasteiger partial charge in [0.2, 0.25) is 5.88 Å². The summed E-state index contributed by atoms with van der Waals surface area (Å²) in [7, 11) is 0.